The molecule has 0 N–H and O–H groups in total. The maximum Gasteiger partial charge on any atom is 0.0652 e. The standard InChI is InChI=1S/C21H26N4/c1-2-23-10-5-11-24(13-12-23)16-18-15-22-25(17-18)21-9-8-19-6-3-4-7-20(19)14-21/h3-4,6-9,14-15,17H,2,5,10-13,16H2,1H3. The third-order valence-corrected chi connectivity index (χ3v) is 5.17. The topological polar surface area (TPSA) is 24.3 Å². The number of hydrogen-bond donors (Lipinski definition) is 0. The first-order valence-electron chi connectivity index (χ1n) is 9.29. The molecular weight excluding hydrogens is 308 g/mol. The van der Waals surface area contributed by atoms with Gasteiger partial charge in [0.15, 0.2) is 0 Å². The number of fused-ring (bicyclic) bond motifs is 1. The molecule has 25 heavy (non-hydrogen) atoms. The summed E-state index contributed by atoms with van der Waals surface area (Å²) in [6.07, 6.45) is 5.44. The van der Waals surface area contributed by atoms with Crippen LogP contribution in [-0.2, 0) is 6.54 Å². The van der Waals surface area contributed by atoms with Crippen molar-refractivity contribution < 1.29 is 0 Å². The van der Waals surface area contributed by atoms with Gasteiger partial charge in [-0.2, -0.15) is 5.10 Å². The van der Waals surface area contributed by atoms with Gasteiger partial charge in [-0.05, 0) is 49.0 Å². The molecule has 0 spiro atoms. The Labute approximate surface area is 149 Å². The van der Waals surface area contributed by atoms with E-state index in [0.717, 1.165) is 25.3 Å². The van der Waals surface area contributed by atoms with E-state index < -0.39 is 0 Å². The van der Waals surface area contributed by atoms with Crippen LogP contribution in [0.5, 0.6) is 0 Å². The van der Waals surface area contributed by atoms with Crippen molar-refractivity contribution in [1.29, 1.82) is 0 Å². The van der Waals surface area contributed by atoms with E-state index in [4.69, 9.17) is 0 Å². The van der Waals surface area contributed by atoms with E-state index in [1.54, 1.807) is 0 Å². The van der Waals surface area contributed by atoms with E-state index in [0.29, 0.717) is 0 Å². The first kappa shape index (κ1) is 16.3. The molecule has 4 rings (SSSR count). The van der Waals surface area contributed by atoms with Crippen molar-refractivity contribution in [2.45, 2.75) is 19.9 Å². The Morgan fingerprint density at radius 2 is 1.72 bits per heavy atom. The minimum Gasteiger partial charge on any atom is -0.302 e. The molecule has 130 valence electrons. The van der Waals surface area contributed by atoms with Gasteiger partial charge in [-0.1, -0.05) is 37.3 Å². The Hall–Kier alpha value is -2.17. The molecule has 4 nitrogen and oxygen atoms in total. The van der Waals surface area contributed by atoms with Crippen LogP contribution in [0.15, 0.2) is 54.9 Å². The average molecular weight is 334 g/mol. The van der Waals surface area contributed by atoms with Crippen molar-refractivity contribution >= 4 is 10.8 Å². The van der Waals surface area contributed by atoms with Crippen molar-refractivity contribution in [1.82, 2.24) is 19.6 Å². The van der Waals surface area contributed by atoms with Crippen LogP contribution < -0.4 is 0 Å². The molecule has 2 heterocycles. The zero-order chi connectivity index (χ0) is 17.1. The summed E-state index contributed by atoms with van der Waals surface area (Å²) in [7, 11) is 0. The summed E-state index contributed by atoms with van der Waals surface area (Å²) in [5.74, 6) is 0. The van der Waals surface area contributed by atoms with E-state index in [9.17, 15) is 0 Å². The lowest BCUT2D eigenvalue weighted by atomic mass is 10.1. The average Bonchev–Trinajstić information content (AvgIpc) is 3.00. The molecule has 1 aliphatic heterocycles. The fraction of sp³-hybridized carbons (Fsp3) is 0.381. The quantitative estimate of drug-likeness (QED) is 0.729. The molecule has 1 fully saturated rings. The van der Waals surface area contributed by atoms with Crippen LogP contribution in [0.25, 0.3) is 16.5 Å². The largest absolute Gasteiger partial charge is 0.302 e. The van der Waals surface area contributed by atoms with Gasteiger partial charge in [0, 0.05) is 31.4 Å². The van der Waals surface area contributed by atoms with E-state index >= 15 is 0 Å². The highest BCUT2D eigenvalue weighted by molar-refractivity contribution is 5.84. The van der Waals surface area contributed by atoms with E-state index in [1.165, 1.54) is 42.4 Å². The third kappa shape index (κ3) is 3.75. The van der Waals surface area contributed by atoms with E-state index in [2.05, 4.69) is 70.5 Å². The lowest BCUT2D eigenvalue weighted by molar-refractivity contribution is 0.257. The Morgan fingerprint density at radius 1 is 0.920 bits per heavy atom. The zero-order valence-electron chi connectivity index (χ0n) is 14.9. The van der Waals surface area contributed by atoms with E-state index in [1.807, 2.05) is 10.9 Å². The molecule has 1 aromatic heterocycles. The third-order valence-electron chi connectivity index (χ3n) is 5.17. The second-order valence-corrected chi connectivity index (χ2v) is 6.89. The van der Waals surface area contributed by atoms with Gasteiger partial charge in [0.1, 0.15) is 0 Å². The molecule has 0 saturated carbocycles. The molecule has 0 bridgehead atoms. The first-order chi connectivity index (χ1) is 12.3. The summed E-state index contributed by atoms with van der Waals surface area (Å²) in [5.41, 5.74) is 2.41. The van der Waals surface area contributed by atoms with Crippen LogP contribution in [-0.4, -0.2) is 52.3 Å². The van der Waals surface area contributed by atoms with Crippen LogP contribution in [0.3, 0.4) is 0 Å². The fourth-order valence-corrected chi connectivity index (χ4v) is 3.66. The minimum absolute atomic E-state index is 0.991. The summed E-state index contributed by atoms with van der Waals surface area (Å²) in [5, 5.41) is 7.11. The normalized spacial score (nSPS) is 17.0. The smallest absolute Gasteiger partial charge is 0.0652 e. The second kappa shape index (κ2) is 7.38. The molecule has 0 radical (unpaired) electrons. The van der Waals surface area contributed by atoms with Crippen molar-refractivity contribution in [3.05, 3.63) is 60.4 Å². The van der Waals surface area contributed by atoms with Crippen LogP contribution in [0.4, 0.5) is 0 Å². The molecule has 0 aliphatic carbocycles. The summed E-state index contributed by atoms with van der Waals surface area (Å²) >= 11 is 0. The number of rotatable bonds is 4. The highest BCUT2D eigenvalue weighted by Gasteiger charge is 2.14. The summed E-state index contributed by atoms with van der Waals surface area (Å²) in [6, 6.07) is 15.0. The Balaban J connectivity index is 1.47. The molecule has 0 atom stereocenters. The van der Waals surface area contributed by atoms with Crippen LogP contribution in [0.2, 0.25) is 0 Å². The highest BCUT2D eigenvalue weighted by atomic mass is 15.3. The monoisotopic (exact) mass is 334 g/mol. The van der Waals surface area contributed by atoms with Crippen molar-refractivity contribution in [3.8, 4) is 5.69 Å². The minimum atomic E-state index is 0.991. The lowest BCUT2D eigenvalue weighted by Crippen LogP contribution is -2.30. The predicted octanol–water partition coefficient (Wildman–Crippen LogP) is 3.55. The number of likely N-dealkylation sites (N-methyl/N-ethyl adjacent to an activating group) is 1. The van der Waals surface area contributed by atoms with Crippen LogP contribution in [0.1, 0.15) is 18.9 Å². The number of hydrogen-bond acceptors (Lipinski definition) is 3. The number of benzene rings is 2. The molecule has 3 aromatic rings. The van der Waals surface area contributed by atoms with Crippen molar-refractivity contribution in [2.75, 3.05) is 32.7 Å². The zero-order valence-corrected chi connectivity index (χ0v) is 14.9. The highest BCUT2D eigenvalue weighted by Crippen LogP contribution is 2.19. The predicted molar refractivity (Wildman–Crippen MR) is 103 cm³/mol. The maximum atomic E-state index is 4.59. The summed E-state index contributed by atoms with van der Waals surface area (Å²) in [4.78, 5) is 5.09. The first-order valence-corrected chi connectivity index (χ1v) is 9.29. The van der Waals surface area contributed by atoms with Gasteiger partial charge in [-0.15, -0.1) is 0 Å². The van der Waals surface area contributed by atoms with Gasteiger partial charge in [0.25, 0.3) is 0 Å². The maximum absolute atomic E-state index is 4.59. The number of nitrogens with zero attached hydrogens (tertiary/aromatic N) is 4. The van der Waals surface area contributed by atoms with E-state index in [-0.39, 0.29) is 0 Å². The molecule has 0 unspecified atom stereocenters. The molecule has 0 amide bonds. The van der Waals surface area contributed by atoms with Gasteiger partial charge >= 0.3 is 0 Å². The molecule has 4 heteroatoms. The van der Waals surface area contributed by atoms with Crippen LogP contribution >= 0.6 is 0 Å². The van der Waals surface area contributed by atoms with Crippen molar-refractivity contribution in [3.63, 3.8) is 0 Å². The van der Waals surface area contributed by atoms with Gasteiger partial charge < -0.3 is 4.90 Å². The molecule has 1 saturated heterocycles. The Morgan fingerprint density at radius 3 is 2.60 bits per heavy atom. The van der Waals surface area contributed by atoms with Crippen molar-refractivity contribution in [2.24, 2.45) is 0 Å². The summed E-state index contributed by atoms with van der Waals surface area (Å²) in [6.45, 7) is 9.13. The molecule has 1 aliphatic rings. The van der Waals surface area contributed by atoms with Gasteiger partial charge in [-0.3, -0.25) is 4.90 Å². The number of aromatic nitrogens is 2. The Kier molecular flexibility index (Phi) is 4.81. The Bertz CT molecular complexity index is 839. The SMILES string of the molecule is CCN1CCCN(Cc2cnn(-c3ccc4ccccc4c3)c2)CC1. The van der Waals surface area contributed by atoms with Gasteiger partial charge in [-0.25, -0.2) is 4.68 Å². The molecule has 2 aromatic carbocycles. The van der Waals surface area contributed by atoms with Gasteiger partial charge in [0.05, 0.1) is 11.9 Å². The molecular formula is C21H26N4. The summed E-state index contributed by atoms with van der Waals surface area (Å²) < 4.78 is 2.00. The lowest BCUT2D eigenvalue weighted by Gasteiger charge is -2.20. The second-order valence-electron chi connectivity index (χ2n) is 6.89. The fourth-order valence-electron chi connectivity index (χ4n) is 3.66. The van der Waals surface area contributed by atoms with Crippen LogP contribution in [0, 0.1) is 0 Å². The van der Waals surface area contributed by atoms with Gasteiger partial charge in [0.2, 0.25) is 0 Å².